The molecular weight excluding hydrogens is 486 g/mol. The van der Waals surface area contributed by atoms with Gasteiger partial charge in [0.1, 0.15) is 0 Å². The van der Waals surface area contributed by atoms with Crippen LogP contribution in [0.5, 0.6) is 0 Å². The van der Waals surface area contributed by atoms with Crippen LogP contribution in [0.15, 0.2) is 0 Å². The van der Waals surface area contributed by atoms with E-state index in [0.717, 1.165) is 17.1 Å². The van der Waals surface area contributed by atoms with Crippen LogP contribution in [-0.4, -0.2) is 55.8 Å². The Kier molecular flexibility index (Phi) is 5.45. The molecule has 2 rings (SSSR count). The first-order valence-electron chi connectivity index (χ1n) is 9.12. The summed E-state index contributed by atoms with van der Waals surface area (Å²) in [6.07, 6.45) is 3.98. The van der Waals surface area contributed by atoms with Crippen molar-refractivity contribution < 1.29 is 9.47 Å². The second kappa shape index (κ2) is 6.05. The first kappa shape index (κ1) is 19.8. The Morgan fingerprint density at radius 2 is 1.45 bits per heavy atom. The van der Waals surface area contributed by atoms with Gasteiger partial charge < -0.3 is 0 Å². The first-order chi connectivity index (χ1) is 9.84. The molecule has 2 atom stereocenters. The van der Waals surface area contributed by atoms with E-state index in [9.17, 15) is 0 Å². The Bertz CT molecular complexity index is 410. The van der Waals surface area contributed by atoms with Crippen molar-refractivity contribution in [3.8, 4) is 0 Å². The molecule has 1 saturated carbocycles. The summed E-state index contributed by atoms with van der Waals surface area (Å²) in [5.74, 6) is -0.180. The van der Waals surface area contributed by atoms with Crippen molar-refractivity contribution in [3.63, 3.8) is 0 Å². The Morgan fingerprint density at radius 3 is 1.82 bits per heavy atom. The number of unbranched alkanes of at least 4 members (excludes halogenated alkanes) is 1. The van der Waals surface area contributed by atoms with Gasteiger partial charge in [-0.25, -0.2) is 0 Å². The van der Waals surface area contributed by atoms with Gasteiger partial charge in [-0.2, -0.15) is 0 Å². The van der Waals surface area contributed by atoms with Crippen molar-refractivity contribution in [1.29, 1.82) is 0 Å². The minimum absolute atomic E-state index is 0.176. The molecule has 0 radical (unpaired) electrons. The summed E-state index contributed by atoms with van der Waals surface area (Å²) in [5.41, 5.74) is 0.176. The van der Waals surface area contributed by atoms with Crippen LogP contribution in [0, 0.1) is 5.41 Å². The minimum atomic E-state index is -2.22. The SMILES string of the molecule is CCCC[C@]1([Sn]([CH3])([CH3])[CH3])[C@@H]([Sn]([CH3])([CH3])[CH3])C12OCC(C)(C)CO2. The topological polar surface area (TPSA) is 18.5 Å². The van der Waals surface area contributed by atoms with Gasteiger partial charge in [-0.1, -0.05) is 0 Å². The molecule has 1 aliphatic carbocycles. The standard InChI is InChI=1S/C12H20O2.6CH3.2Sn/c1-4-5-6-10-7-12(10)13-8-11(2,3)9-14-12;;;;;;;;/h7H,4-6,8-9H2,1-3H3;6*1H3;;. The van der Waals surface area contributed by atoms with Crippen LogP contribution in [0.3, 0.4) is 0 Å². The van der Waals surface area contributed by atoms with Crippen LogP contribution in [0.1, 0.15) is 40.0 Å². The third-order valence-electron chi connectivity index (χ3n) is 5.90. The molecule has 2 aliphatic rings. The molecule has 22 heavy (non-hydrogen) atoms. The summed E-state index contributed by atoms with van der Waals surface area (Å²) in [7, 11) is 0. The average molecular weight is 524 g/mol. The van der Waals surface area contributed by atoms with E-state index in [-0.39, 0.29) is 11.2 Å². The molecule has 1 heterocycles. The van der Waals surface area contributed by atoms with Crippen molar-refractivity contribution in [3.05, 3.63) is 0 Å². The van der Waals surface area contributed by atoms with Crippen LogP contribution in [0.4, 0.5) is 0 Å². The zero-order valence-corrected chi connectivity index (χ0v) is 22.1. The van der Waals surface area contributed by atoms with E-state index in [2.05, 4.69) is 50.4 Å². The molecule has 1 saturated heterocycles. The molecule has 0 bridgehead atoms. The van der Waals surface area contributed by atoms with Gasteiger partial charge >= 0.3 is 148 Å². The summed E-state index contributed by atoms with van der Waals surface area (Å²) in [4.78, 5) is 15.7. The second-order valence-corrected chi connectivity index (χ2v) is 41.1. The number of rotatable bonds is 5. The third kappa shape index (κ3) is 3.05. The van der Waals surface area contributed by atoms with Crippen LogP contribution in [0.2, 0.25) is 37.0 Å². The van der Waals surface area contributed by atoms with Crippen molar-refractivity contribution >= 4 is 36.8 Å². The first-order valence-corrected chi connectivity index (χ1v) is 29.3. The van der Waals surface area contributed by atoms with E-state index in [1.165, 1.54) is 19.3 Å². The van der Waals surface area contributed by atoms with Gasteiger partial charge in [0.05, 0.1) is 0 Å². The predicted molar refractivity (Wildman–Crippen MR) is 101 cm³/mol. The van der Waals surface area contributed by atoms with Crippen molar-refractivity contribution in [2.75, 3.05) is 13.2 Å². The van der Waals surface area contributed by atoms with Crippen LogP contribution in [0.25, 0.3) is 0 Å². The Hall–Kier alpha value is 1.52. The summed E-state index contributed by atoms with van der Waals surface area (Å²) >= 11 is -4.34. The van der Waals surface area contributed by atoms with E-state index in [1.54, 1.807) is 0 Å². The Morgan fingerprint density at radius 1 is 0.955 bits per heavy atom. The summed E-state index contributed by atoms with van der Waals surface area (Å²) in [6.45, 7) is 8.61. The normalized spacial score (nSPS) is 34.0. The number of hydrogen-bond acceptors (Lipinski definition) is 2. The maximum atomic E-state index is 6.65. The molecule has 0 N–H and O–H groups in total. The fraction of sp³-hybridized carbons (Fsp3) is 1.00. The molecule has 1 spiro atoms. The summed E-state index contributed by atoms with van der Waals surface area (Å²) in [5, 5.41) is 0. The van der Waals surface area contributed by atoms with Crippen molar-refractivity contribution in [2.45, 2.75) is 82.8 Å². The zero-order valence-electron chi connectivity index (χ0n) is 16.4. The molecule has 130 valence electrons. The van der Waals surface area contributed by atoms with E-state index >= 15 is 0 Å². The number of ether oxygens (including phenoxy) is 2. The maximum absolute atomic E-state index is 6.65. The van der Waals surface area contributed by atoms with Gasteiger partial charge in [0.15, 0.2) is 0 Å². The van der Waals surface area contributed by atoms with Crippen molar-refractivity contribution in [2.24, 2.45) is 5.41 Å². The molecule has 0 aromatic carbocycles. The van der Waals surface area contributed by atoms with E-state index in [4.69, 9.17) is 9.47 Å². The second-order valence-electron chi connectivity index (χ2n) is 10.5. The molecule has 0 aromatic heterocycles. The third-order valence-corrected chi connectivity index (χ3v) is 25.9. The predicted octanol–water partition coefficient (Wildman–Crippen LogP) is 5.75. The Balaban J connectivity index is 2.41. The van der Waals surface area contributed by atoms with Gasteiger partial charge in [0, 0.05) is 0 Å². The fourth-order valence-electron chi connectivity index (χ4n) is 5.00. The molecular formula is C18H38O2Sn2. The van der Waals surface area contributed by atoms with Gasteiger partial charge in [0.2, 0.25) is 0 Å². The molecule has 4 heteroatoms. The molecule has 1 aliphatic heterocycles. The van der Waals surface area contributed by atoms with Crippen molar-refractivity contribution in [1.82, 2.24) is 0 Å². The zero-order chi connectivity index (χ0) is 17.0. The average Bonchev–Trinajstić information content (AvgIpc) is 2.94. The van der Waals surface area contributed by atoms with Crippen LogP contribution >= 0.6 is 0 Å². The Labute approximate surface area is 146 Å². The van der Waals surface area contributed by atoms with E-state index in [0.29, 0.717) is 3.43 Å². The molecule has 0 unspecified atom stereocenters. The van der Waals surface area contributed by atoms with Gasteiger partial charge in [0.25, 0.3) is 0 Å². The van der Waals surface area contributed by atoms with E-state index < -0.39 is 36.8 Å². The molecule has 0 aromatic rings. The van der Waals surface area contributed by atoms with E-state index in [1.807, 2.05) is 0 Å². The number of hydrogen-bond donors (Lipinski definition) is 0. The monoisotopic (exact) mass is 526 g/mol. The fourth-order valence-corrected chi connectivity index (χ4v) is 41.5. The van der Waals surface area contributed by atoms with Gasteiger partial charge in [-0.05, 0) is 0 Å². The summed E-state index contributed by atoms with van der Waals surface area (Å²) in [6, 6.07) is 0. The summed E-state index contributed by atoms with van der Waals surface area (Å²) < 4.78 is 14.5. The molecule has 2 fully saturated rings. The van der Waals surface area contributed by atoms with Gasteiger partial charge in [-0.3, -0.25) is 0 Å². The van der Waals surface area contributed by atoms with Crippen LogP contribution < -0.4 is 0 Å². The van der Waals surface area contributed by atoms with Gasteiger partial charge in [-0.15, -0.1) is 0 Å². The molecule has 0 amide bonds. The van der Waals surface area contributed by atoms with Crippen LogP contribution in [-0.2, 0) is 9.47 Å². The quantitative estimate of drug-likeness (QED) is 0.428. The molecule has 2 nitrogen and oxygen atoms in total.